The predicted molar refractivity (Wildman–Crippen MR) is 165 cm³/mol. The van der Waals surface area contributed by atoms with Crippen molar-refractivity contribution in [1.29, 1.82) is 5.26 Å². The number of allylic oxidation sites excluding steroid dienone is 1. The molecule has 43 heavy (non-hydrogen) atoms. The number of amides is 1. The number of hydrogen-bond donors (Lipinski definition) is 3. The van der Waals surface area contributed by atoms with E-state index < -0.39 is 32.5 Å². The Morgan fingerprint density at radius 3 is 2.28 bits per heavy atom. The number of nitriles is 1. The maximum Gasteiger partial charge on any atom is 0.238 e. The highest BCUT2D eigenvalue weighted by atomic mass is 35.5. The standard InChI is InChI=1S/C27H22Cl2N6O6S2/c1-40-22-12-18-21(13-23(22)41-2)33-27(35-26(18)34-25-19(28)10-15(4-3-9-30)11-20(25)29)42(37)14-24(36)32-16-5-7-17(8-6-16)43(31,38)39/h3-8,10-13H,14H2,1-2H3,(H,32,36)(H2,31,38,39)(H,33,34,35)/b4-3+. The molecule has 0 aliphatic rings. The summed E-state index contributed by atoms with van der Waals surface area (Å²) in [5.41, 5.74) is 1.46. The Labute approximate surface area is 258 Å². The number of sulfonamides is 1. The number of nitrogens with zero attached hydrogens (tertiary/aromatic N) is 3. The maximum absolute atomic E-state index is 13.3. The Morgan fingerprint density at radius 1 is 1.07 bits per heavy atom. The number of carbonyl (C=O) groups is 1. The number of benzene rings is 3. The van der Waals surface area contributed by atoms with Crippen molar-refractivity contribution >= 4 is 84.1 Å². The summed E-state index contributed by atoms with van der Waals surface area (Å²) in [6, 6.07) is 13.4. The molecule has 1 amide bonds. The molecule has 4 rings (SSSR count). The normalized spacial score (nSPS) is 12.1. The van der Waals surface area contributed by atoms with Crippen LogP contribution >= 0.6 is 23.2 Å². The van der Waals surface area contributed by atoms with Crippen molar-refractivity contribution in [2.45, 2.75) is 10.1 Å². The Balaban J connectivity index is 1.69. The molecular weight excluding hydrogens is 639 g/mol. The summed E-state index contributed by atoms with van der Waals surface area (Å²) in [6.07, 6.45) is 2.82. The van der Waals surface area contributed by atoms with Gasteiger partial charge in [0.15, 0.2) is 11.5 Å². The number of nitrogens with two attached hydrogens (primary N) is 1. The van der Waals surface area contributed by atoms with Crippen molar-refractivity contribution in [1.82, 2.24) is 9.97 Å². The average molecular weight is 662 g/mol. The largest absolute Gasteiger partial charge is 0.493 e. The van der Waals surface area contributed by atoms with Crippen LogP contribution in [0.15, 0.2) is 64.7 Å². The first-order valence-corrected chi connectivity index (χ1v) is 15.6. The average Bonchev–Trinajstić information content (AvgIpc) is 2.96. The van der Waals surface area contributed by atoms with Crippen LogP contribution in [0.25, 0.3) is 17.0 Å². The first-order chi connectivity index (χ1) is 20.4. The highest BCUT2D eigenvalue weighted by Crippen LogP contribution is 2.39. The van der Waals surface area contributed by atoms with Gasteiger partial charge in [-0.25, -0.2) is 23.5 Å². The van der Waals surface area contributed by atoms with E-state index in [2.05, 4.69) is 20.6 Å². The zero-order valence-electron chi connectivity index (χ0n) is 22.4. The van der Waals surface area contributed by atoms with Gasteiger partial charge in [0, 0.05) is 23.2 Å². The Bertz CT molecular complexity index is 1910. The molecule has 1 heterocycles. The molecule has 1 aromatic heterocycles. The molecule has 16 heteroatoms. The Kier molecular flexibility index (Phi) is 9.84. The first kappa shape index (κ1) is 31.7. The van der Waals surface area contributed by atoms with Gasteiger partial charge in [0.1, 0.15) is 22.4 Å². The van der Waals surface area contributed by atoms with Gasteiger partial charge >= 0.3 is 0 Å². The third-order valence-corrected chi connectivity index (χ3v) is 8.41. The minimum Gasteiger partial charge on any atom is -0.493 e. The molecule has 1 unspecified atom stereocenters. The van der Waals surface area contributed by atoms with Gasteiger partial charge in [-0.05, 0) is 54.1 Å². The zero-order valence-corrected chi connectivity index (χ0v) is 25.6. The quantitative estimate of drug-likeness (QED) is 0.160. The third-order valence-electron chi connectivity index (χ3n) is 5.77. The fourth-order valence-electron chi connectivity index (χ4n) is 3.80. The zero-order chi connectivity index (χ0) is 31.3. The Hall–Kier alpha value is -4.26. The molecule has 4 N–H and O–H groups in total. The van der Waals surface area contributed by atoms with E-state index in [0.29, 0.717) is 28.0 Å². The second-order valence-corrected chi connectivity index (χ2v) is 12.4. The summed E-state index contributed by atoms with van der Waals surface area (Å²) in [5, 5.41) is 20.2. The molecule has 4 aromatic rings. The van der Waals surface area contributed by atoms with Gasteiger partial charge in [-0.3, -0.25) is 9.00 Å². The van der Waals surface area contributed by atoms with E-state index in [4.69, 9.17) is 43.1 Å². The molecule has 0 saturated heterocycles. The summed E-state index contributed by atoms with van der Waals surface area (Å²) in [6.45, 7) is 0. The van der Waals surface area contributed by atoms with E-state index in [-0.39, 0.29) is 37.3 Å². The maximum atomic E-state index is 13.3. The minimum absolute atomic E-state index is 0.126. The van der Waals surface area contributed by atoms with Gasteiger partial charge < -0.3 is 20.1 Å². The highest BCUT2D eigenvalue weighted by Gasteiger charge is 2.20. The molecular formula is C27H22Cl2N6O6S2. The molecule has 0 aliphatic carbocycles. The van der Waals surface area contributed by atoms with Crippen LogP contribution in [0.1, 0.15) is 5.56 Å². The van der Waals surface area contributed by atoms with Crippen LogP contribution < -0.4 is 25.2 Å². The molecule has 3 aromatic carbocycles. The second-order valence-electron chi connectivity index (χ2n) is 8.63. The lowest BCUT2D eigenvalue weighted by atomic mass is 10.1. The number of methoxy groups -OCH3 is 2. The van der Waals surface area contributed by atoms with Crippen LogP contribution in [0.5, 0.6) is 11.5 Å². The van der Waals surface area contributed by atoms with Crippen molar-refractivity contribution in [2.24, 2.45) is 5.14 Å². The van der Waals surface area contributed by atoms with Gasteiger partial charge in [0.05, 0.1) is 46.4 Å². The number of halogens is 2. The number of carbonyl (C=O) groups excluding carboxylic acids is 1. The van der Waals surface area contributed by atoms with Crippen LogP contribution in [0, 0.1) is 11.3 Å². The van der Waals surface area contributed by atoms with Crippen molar-refractivity contribution in [3.05, 3.63) is 70.2 Å². The van der Waals surface area contributed by atoms with Crippen LogP contribution in [0.3, 0.4) is 0 Å². The van der Waals surface area contributed by atoms with Crippen LogP contribution in [0.4, 0.5) is 17.2 Å². The Morgan fingerprint density at radius 2 is 1.70 bits per heavy atom. The molecule has 0 radical (unpaired) electrons. The van der Waals surface area contributed by atoms with Gasteiger partial charge in [-0.15, -0.1) is 0 Å². The molecule has 0 spiro atoms. The molecule has 0 saturated carbocycles. The van der Waals surface area contributed by atoms with Crippen molar-refractivity contribution in [3.8, 4) is 17.6 Å². The van der Waals surface area contributed by atoms with E-state index in [1.54, 1.807) is 30.3 Å². The van der Waals surface area contributed by atoms with Crippen LogP contribution in [-0.2, 0) is 25.6 Å². The SMILES string of the molecule is COc1cc2nc(S(=O)CC(=O)Nc3ccc(S(N)(=O)=O)cc3)nc(Nc3c(Cl)cc(/C=C/C#N)cc3Cl)c2cc1OC. The monoisotopic (exact) mass is 660 g/mol. The number of rotatable bonds is 10. The molecule has 0 fully saturated rings. The number of ether oxygens (including phenoxy) is 2. The second kappa shape index (κ2) is 13.4. The summed E-state index contributed by atoms with van der Waals surface area (Å²) in [7, 11) is -3.02. The van der Waals surface area contributed by atoms with Gasteiger partial charge in [-0.2, -0.15) is 5.26 Å². The lowest BCUT2D eigenvalue weighted by Crippen LogP contribution is -2.21. The van der Waals surface area contributed by atoms with E-state index >= 15 is 0 Å². The lowest BCUT2D eigenvalue weighted by Gasteiger charge is -2.15. The molecule has 1 atom stereocenters. The number of anilines is 3. The van der Waals surface area contributed by atoms with E-state index in [1.165, 1.54) is 44.6 Å². The van der Waals surface area contributed by atoms with Crippen molar-refractivity contribution < 1.29 is 26.9 Å². The summed E-state index contributed by atoms with van der Waals surface area (Å²) >= 11 is 13.0. The molecule has 0 aliphatic heterocycles. The van der Waals surface area contributed by atoms with Gasteiger partial charge in [0.2, 0.25) is 21.1 Å². The fraction of sp³-hybridized carbons (Fsp3) is 0.111. The predicted octanol–water partition coefficient (Wildman–Crippen LogP) is 4.63. The molecule has 12 nitrogen and oxygen atoms in total. The van der Waals surface area contributed by atoms with Crippen LogP contribution in [0.2, 0.25) is 10.0 Å². The van der Waals surface area contributed by atoms with Crippen molar-refractivity contribution in [2.75, 3.05) is 30.6 Å². The molecule has 0 bridgehead atoms. The van der Waals surface area contributed by atoms with E-state index in [0.717, 1.165) is 0 Å². The summed E-state index contributed by atoms with van der Waals surface area (Å²) in [4.78, 5) is 21.4. The minimum atomic E-state index is -3.90. The number of fused-ring (bicyclic) bond motifs is 1. The first-order valence-electron chi connectivity index (χ1n) is 12.0. The van der Waals surface area contributed by atoms with E-state index in [1.807, 2.05) is 6.07 Å². The van der Waals surface area contributed by atoms with Gasteiger partial charge in [-0.1, -0.05) is 23.2 Å². The smallest absolute Gasteiger partial charge is 0.238 e. The number of aromatic nitrogens is 2. The van der Waals surface area contributed by atoms with E-state index in [9.17, 15) is 17.4 Å². The van der Waals surface area contributed by atoms with Gasteiger partial charge in [0.25, 0.3) is 0 Å². The lowest BCUT2D eigenvalue weighted by molar-refractivity contribution is -0.113. The fourth-order valence-corrected chi connectivity index (χ4v) is 5.75. The summed E-state index contributed by atoms with van der Waals surface area (Å²) in [5.74, 6) is -0.271. The highest BCUT2D eigenvalue weighted by molar-refractivity contribution is 7.89. The molecule has 222 valence electrons. The third kappa shape index (κ3) is 7.58. The van der Waals surface area contributed by atoms with Crippen LogP contribution in [-0.4, -0.2) is 48.5 Å². The number of hydrogen-bond acceptors (Lipinski definition) is 10. The summed E-state index contributed by atoms with van der Waals surface area (Å²) < 4.78 is 47.0. The topological polar surface area (TPSA) is 186 Å². The number of primary sulfonamides is 1. The van der Waals surface area contributed by atoms with Crippen molar-refractivity contribution in [3.63, 3.8) is 0 Å². The number of nitrogens with one attached hydrogen (secondary N) is 2.